The van der Waals surface area contributed by atoms with Crippen molar-refractivity contribution in [1.82, 2.24) is 15.3 Å². The van der Waals surface area contributed by atoms with E-state index in [9.17, 15) is 9.59 Å². The molecule has 1 N–H and O–H groups in total. The van der Waals surface area contributed by atoms with Crippen LogP contribution in [0, 0.1) is 0 Å². The lowest BCUT2D eigenvalue weighted by Crippen LogP contribution is -2.26. The van der Waals surface area contributed by atoms with Gasteiger partial charge in [-0.05, 0) is 25.0 Å². The van der Waals surface area contributed by atoms with E-state index >= 15 is 0 Å². The van der Waals surface area contributed by atoms with E-state index in [-0.39, 0.29) is 18.3 Å². The molecule has 0 saturated heterocycles. The number of carbonyl (C=O) groups is 2. The number of amides is 1. The predicted molar refractivity (Wildman–Crippen MR) is 92.5 cm³/mol. The molecular weight excluding hydrogens is 326 g/mol. The zero-order valence-electron chi connectivity index (χ0n) is 13.7. The molecule has 0 radical (unpaired) electrons. The number of nitrogens with zero attached hydrogens (tertiary/aromatic N) is 2. The number of aromatic nitrogens is 2. The fourth-order valence-corrected chi connectivity index (χ4v) is 2.95. The summed E-state index contributed by atoms with van der Waals surface area (Å²) in [6.45, 7) is 0.611. The third kappa shape index (κ3) is 6.08. The van der Waals surface area contributed by atoms with Crippen molar-refractivity contribution in [3.8, 4) is 10.6 Å². The quantitative estimate of drug-likeness (QED) is 0.557. The molecule has 2 heterocycles. The number of nitrogens with one attached hydrogen (secondary N) is 1. The molecule has 2 rings (SSSR count). The number of thiazole rings is 1. The smallest absolute Gasteiger partial charge is 0.305 e. The summed E-state index contributed by atoms with van der Waals surface area (Å²) in [6.07, 6.45) is 6.70. The maximum atomic E-state index is 11.9. The molecule has 1 amide bonds. The molecule has 0 aromatic carbocycles. The summed E-state index contributed by atoms with van der Waals surface area (Å²) in [5.41, 5.74) is 1.72. The first-order valence-electron chi connectivity index (χ1n) is 7.87. The van der Waals surface area contributed by atoms with Crippen LogP contribution < -0.4 is 5.32 Å². The van der Waals surface area contributed by atoms with Gasteiger partial charge in [-0.2, -0.15) is 0 Å². The van der Waals surface area contributed by atoms with Gasteiger partial charge in [0.1, 0.15) is 5.01 Å². The van der Waals surface area contributed by atoms with E-state index in [0.29, 0.717) is 13.0 Å². The van der Waals surface area contributed by atoms with Crippen molar-refractivity contribution in [3.05, 3.63) is 35.6 Å². The van der Waals surface area contributed by atoms with E-state index in [4.69, 9.17) is 0 Å². The lowest BCUT2D eigenvalue weighted by Gasteiger charge is -2.04. The number of hydrogen-bond donors (Lipinski definition) is 1. The number of rotatable bonds is 9. The highest BCUT2D eigenvalue weighted by Crippen LogP contribution is 2.22. The molecule has 0 fully saturated rings. The number of pyridine rings is 1. The van der Waals surface area contributed by atoms with Gasteiger partial charge in [0.25, 0.3) is 0 Å². The molecular formula is C17H21N3O3S. The summed E-state index contributed by atoms with van der Waals surface area (Å²) in [4.78, 5) is 31.4. The lowest BCUT2D eigenvalue weighted by molar-refractivity contribution is -0.140. The number of methoxy groups -OCH3 is 1. The highest BCUT2D eigenvalue weighted by Gasteiger charge is 2.09. The van der Waals surface area contributed by atoms with Crippen LogP contribution in [0.4, 0.5) is 0 Å². The van der Waals surface area contributed by atoms with Crippen molar-refractivity contribution in [3.63, 3.8) is 0 Å². The number of unbranched alkanes of at least 4 members (excludes halogenated alkanes) is 2. The Labute approximate surface area is 145 Å². The largest absolute Gasteiger partial charge is 0.469 e. The van der Waals surface area contributed by atoms with Crippen LogP contribution in [0.25, 0.3) is 10.6 Å². The van der Waals surface area contributed by atoms with Crippen LogP contribution in [-0.2, 0) is 20.7 Å². The SMILES string of the molecule is COC(=O)CCCCCNC(=O)Cc1csc(-c2cccnc2)n1. The van der Waals surface area contributed by atoms with Crippen LogP contribution in [0.5, 0.6) is 0 Å². The van der Waals surface area contributed by atoms with Crippen LogP contribution in [0.2, 0.25) is 0 Å². The molecule has 7 heteroatoms. The molecule has 0 unspecified atom stereocenters. The summed E-state index contributed by atoms with van der Waals surface area (Å²) in [6, 6.07) is 3.81. The molecule has 0 bridgehead atoms. The molecule has 0 aliphatic heterocycles. The second-order valence-corrected chi connectivity index (χ2v) is 6.16. The maximum Gasteiger partial charge on any atom is 0.305 e. The van der Waals surface area contributed by atoms with E-state index in [2.05, 4.69) is 20.0 Å². The van der Waals surface area contributed by atoms with Gasteiger partial charge in [-0.3, -0.25) is 14.6 Å². The summed E-state index contributed by atoms with van der Waals surface area (Å²) in [5, 5.41) is 5.65. The Bertz CT molecular complexity index is 658. The third-order valence-corrected chi connectivity index (χ3v) is 4.35. The van der Waals surface area contributed by atoms with Gasteiger partial charge >= 0.3 is 5.97 Å². The summed E-state index contributed by atoms with van der Waals surface area (Å²) < 4.78 is 4.58. The Balaban J connectivity index is 1.66. The van der Waals surface area contributed by atoms with Crippen molar-refractivity contribution < 1.29 is 14.3 Å². The van der Waals surface area contributed by atoms with Crippen LogP contribution >= 0.6 is 11.3 Å². The minimum atomic E-state index is -0.188. The van der Waals surface area contributed by atoms with Crippen molar-refractivity contribution in [2.75, 3.05) is 13.7 Å². The first kappa shape index (κ1) is 18.1. The fourth-order valence-electron chi connectivity index (χ4n) is 2.14. The van der Waals surface area contributed by atoms with Crippen molar-refractivity contribution in [2.45, 2.75) is 32.1 Å². The van der Waals surface area contributed by atoms with Gasteiger partial charge < -0.3 is 10.1 Å². The number of carbonyl (C=O) groups excluding carboxylic acids is 2. The first-order chi connectivity index (χ1) is 11.7. The van der Waals surface area contributed by atoms with Gasteiger partial charge in [-0.25, -0.2) is 4.98 Å². The minimum absolute atomic E-state index is 0.0361. The Morgan fingerprint density at radius 1 is 1.29 bits per heavy atom. The number of esters is 1. The highest BCUT2D eigenvalue weighted by molar-refractivity contribution is 7.13. The zero-order valence-corrected chi connectivity index (χ0v) is 14.5. The Kier molecular flexibility index (Phi) is 7.35. The normalized spacial score (nSPS) is 10.4. The minimum Gasteiger partial charge on any atom is -0.469 e. The fraction of sp³-hybridized carbons (Fsp3) is 0.412. The molecule has 0 aliphatic carbocycles. The van der Waals surface area contributed by atoms with Gasteiger partial charge in [0.2, 0.25) is 5.91 Å². The average molecular weight is 347 g/mol. The first-order valence-corrected chi connectivity index (χ1v) is 8.75. The van der Waals surface area contributed by atoms with Crippen molar-refractivity contribution in [1.29, 1.82) is 0 Å². The molecule has 128 valence electrons. The van der Waals surface area contributed by atoms with E-state index in [0.717, 1.165) is 35.5 Å². The molecule has 24 heavy (non-hydrogen) atoms. The molecule has 6 nitrogen and oxygen atoms in total. The summed E-state index contributed by atoms with van der Waals surface area (Å²) in [7, 11) is 1.39. The van der Waals surface area contributed by atoms with Gasteiger partial charge in [0.05, 0.1) is 19.2 Å². The molecule has 2 aromatic rings. The highest BCUT2D eigenvalue weighted by atomic mass is 32.1. The Morgan fingerprint density at radius 3 is 2.92 bits per heavy atom. The van der Waals surface area contributed by atoms with Crippen LogP contribution in [-0.4, -0.2) is 35.5 Å². The molecule has 0 aliphatic rings. The molecule has 0 spiro atoms. The van der Waals surface area contributed by atoms with E-state index in [1.807, 2.05) is 17.5 Å². The topological polar surface area (TPSA) is 81.2 Å². The number of hydrogen-bond acceptors (Lipinski definition) is 6. The average Bonchev–Trinajstić information content (AvgIpc) is 3.07. The van der Waals surface area contributed by atoms with E-state index in [1.54, 1.807) is 12.4 Å². The van der Waals surface area contributed by atoms with Crippen LogP contribution in [0.15, 0.2) is 29.9 Å². The van der Waals surface area contributed by atoms with Crippen LogP contribution in [0.1, 0.15) is 31.4 Å². The molecule has 0 atom stereocenters. The second-order valence-electron chi connectivity index (χ2n) is 5.30. The van der Waals surface area contributed by atoms with Gasteiger partial charge in [-0.1, -0.05) is 6.42 Å². The summed E-state index contributed by atoms with van der Waals surface area (Å²) >= 11 is 1.51. The Morgan fingerprint density at radius 2 is 2.17 bits per heavy atom. The molecule has 0 saturated carbocycles. The van der Waals surface area contributed by atoms with Gasteiger partial charge in [0, 0.05) is 36.3 Å². The van der Waals surface area contributed by atoms with Crippen LogP contribution in [0.3, 0.4) is 0 Å². The van der Waals surface area contributed by atoms with E-state index < -0.39 is 0 Å². The zero-order chi connectivity index (χ0) is 17.2. The maximum absolute atomic E-state index is 11.9. The van der Waals surface area contributed by atoms with Crippen molar-refractivity contribution in [2.24, 2.45) is 0 Å². The summed E-state index contributed by atoms with van der Waals surface area (Å²) in [5.74, 6) is -0.224. The standard InChI is InChI=1S/C17H21N3O3S/c1-23-16(22)7-3-2-4-9-19-15(21)10-14-12-24-17(20-14)13-6-5-8-18-11-13/h5-6,8,11-12H,2-4,7,9-10H2,1H3,(H,19,21). The third-order valence-electron chi connectivity index (χ3n) is 3.41. The number of ether oxygens (including phenoxy) is 1. The van der Waals surface area contributed by atoms with E-state index in [1.165, 1.54) is 18.4 Å². The molecule has 2 aromatic heterocycles. The monoisotopic (exact) mass is 347 g/mol. The van der Waals surface area contributed by atoms with Crippen molar-refractivity contribution >= 4 is 23.2 Å². The van der Waals surface area contributed by atoms with Gasteiger partial charge in [0.15, 0.2) is 0 Å². The van der Waals surface area contributed by atoms with Gasteiger partial charge in [-0.15, -0.1) is 11.3 Å². The predicted octanol–water partition coefficient (Wildman–Crippen LogP) is 2.60. The Hall–Kier alpha value is -2.28. The lowest BCUT2D eigenvalue weighted by atomic mass is 10.2. The second kappa shape index (κ2) is 9.77.